The van der Waals surface area contributed by atoms with Crippen molar-refractivity contribution in [2.45, 2.75) is 25.7 Å². The van der Waals surface area contributed by atoms with E-state index in [0.717, 1.165) is 12.8 Å². The molecule has 0 radical (unpaired) electrons. The van der Waals surface area contributed by atoms with Crippen molar-refractivity contribution >= 4 is 45.9 Å². The van der Waals surface area contributed by atoms with E-state index >= 15 is 0 Å². The van der Waals surface area contributed by atoms with Crippen molar-refractivity contribution in [3.05, 3.63) is 38.3 Å². The van der Waals surface area contributed by atoms with Crippen molar-refractivity contribution in [2.75, 3.05) is 0 Å². The molecule has 0 aliphatic heterocycles. The Balaban J connectivity index is 1.89. The molecule has 1 aromatic heterocycles. The Labute approximate surface area is 130 Å². The van der Waals surface area contributed by atoms with Crippen LogP contribution in [0.2, 0.25) is 10.0 Å². The molecule has 6 heteroatoms. The summed E-state index contributed by atoms with van der Waals surface area (Å²) in [4.78, 5) is 10.2. The molecule has 20 heavy (non-hydrogen) atoms. The minimum absolute atomic E-state index is 0.0128. The highest BCUT2D eigenvalue weighted by Gasteiger charge is 2.14. The minimum Gasteiger partial charge on any atom is -0.506 e. The highest BCUT2D eigenvalue weighted by molar-refractivity contribution is 7.15. The van der Waals surface area contributed by atoms with Gasteiger partial charge in [0.1, 0.15) is 5.75 Å². The van der Waals surface area contributed by atoms with Crippen molar-refractivity contribution in [1.82, 2.24) is 4.98 Å². The van der Waals surface area contributed by atoms with Gasteiger partial charge in [-0.05, 0) is 37.8 Å². The monoisotopic (exact) mass is 326 g/mol. The van der Waals surface area contributed by atoms with Gasteiger partial charge >= 0.3 is 0 Å². The largest absolute Gasteiger partial charge is 0.506 e. The highest BCUT2D eigenvalue weighted by Crippen LogP contribution is 2.33. The van der Waals surface area contributed by atoms with Gasteiger partial charge in [-0.1, -0.05) is 34.5 Å². The number of nitrogens with zero attached hydrogens (tertiary/aromatic N) is 2. The fourth-order valence-electron chi connectivity index (χ4n) is 2.20. The van der Waals surface area contributed by atoms with E-state index in [9.17, 15) is 5.11 Å². The van der Waals surface area contributed by atoms with Gasteiger partial charge in [0, 0.05) is 21.7 Å². The maximum absolute atomic E-state index is 9.86. The van der Waals surface area contributed by atoms with Crippen LogP contribution in [0.5, 0.6) is 5.75 Å². The van der Waals surface area contributed by atoms with Crippen LogP contribution in [0, 0.1) is 0 Å². The summed E-state index contributed by atoms with van der Waals surface area (Å²) in [5, 5.41) is 11.3. The second kappa shape index (κ2) is 5.72. The molecule has 0 amide bonds. The van der Waals surface area contributed by atoms with E-state index in [1.54, 1.807) is 23.6 Å². The minimum atomic E-state index is -0.0128. The van der Waals surface area contributed by atoms with Gasteiger partial charge in [-0.2, -0.15) is 0 Å². The van der Waals surface area contributed by atoms with Gasteiger partial charge in [0.15, 0.2) is 0 Å². The van der Waals surface area contributed by atoms with E-state index in [1.165, 1.54) is 29.5 Å². The first kappa shape index (κ1) is 13.9. The topological polar surface area (TPSA) is 45.5 Å². The molecule has 1 aromatic carbocycles. The van der Waals surface area contributed by atoms with E-state index in [4.69, 9.17) is 23.2 Å². The predicted octanol–water partition coefficient (Wildman–Crippen LogP) is 4.78. The number of aromatic hydroxyl groups is 1. The number of aromatic nitrogens is 1. The van der Waals surface area contributed by atoms with Gasteiger partial charge < -0.3 is 5.11 Å². The lowest BCUT2D eigenvalue weighted by Gasteiger charge is -2.06. The average Bonchev–Trinajstić information content (AvgIpc) is 2.84. The second-order valence-corrected chi connectivity index (χ2v) is 6.56. The number of halogens is 2. The summed E-state index contributed by atoms with van der Waals surface area (Å²) in [5.74, 6) is -0.0128. The molecule has 2 aromatic rings. The summed E-state index contributed by atoms with van der Waals surface area (Å²) >= 11 is 13.4. The maximum atomic E-state index is 9.86. The Hall–Kier alpha value is -1.10. The molecule has 0 saturated heterocycles. The maximum Gasteiger partial charge on any atom is 0.209 e. The summed E-state index contributed by atoms with van der Waals surface area (Å²) < 4.78 is 0. The third kappa shape index (κ3) is 2.82. The molecule has 3 rings (SSSR count). The highest BCUT2D eigenvalue weighted by atomic mass is 35.5. The van der Waals surface area contributed by atoms with E-state index < -0.39 is 0 Å². The van der Waals surface area contributed by atoms with Crippen LogP contribution in [-0.2, 0) is 12.8 Å². The van der Waals surface area contributed by atoms with Gasteiger partial charge in [-0.3, -0.25) is 0 Å². The third-order valence-corrected chi connectivity index (χ3v) is 4.78. The van der Waals surface area contributed by atoms with Gasteiger partial charge in [-0.25, -0.2) is 9.98 Å². The molecule has 1 aliphatic carbocycles. The van der Waals surface area contributed by atoms with Crippen LogP contribution in [0.1, 0.15) is 29.0 Å². The van der Waals surface area contributed by atoms with Crippen LogP contribution in [0.4, 0.5) is 5.13 Å². The fraction of sp³-hybridized carbons (Fsp3) is 0.286. The predicted molar refractivity (Wildman–Crippen MR) is 84.1 cm³/mol. The number of aliphatic imine (C=N–C) groups is 1. The number of aryl methyl sites for hydroxylation is 2. The number of phenols is 1. The number of benzene rings is 1. The summed E-state index contributed by atoms with van der Waals surface area (Å²) in [7, 11) is 0. The first-order valence-corrected chi connectivity index (χ1v) is 7.91. The van der Waals surface area contributed by atoms with E-state index in [0.29, 0.717) is 15.7 Å². The zero-order chi connectivity index (χ0) is 14.1. The molecular formula is C14H12Cl2N2OS. The number of phenolic OH excluding ortho intramolecular Hbond substituents is 1. The lowest BCUT2D eigenvalue weighted by atomic mass is 10.0. The van der Waals surface area contributed by atoms with Gasteiger partial charge in [0.05, 0.1) is 10.7 Å². The lowest BCUT2D eigenvalue weighted by molar-refractivity contribution is 0.475. The zero-order valence-electron chi connectivity index (χ0n) is 10.6. The molecule has 0 saturated carbocycles. The molecule has 1 aliphatic rings. The van der Waals surface area contributed by atoms with Crippen molar-refractivity contribution in [3.8, 4) is 5.75 Å². The van der Waals surface area contributed by atoms with Gasteiger partial charge in [0.2, 0.25) is 5.13 Å². The lowest BCUT2D eigenvalue weighted by Crippen LogP contribution is -1.98. The summed E-state index contributed by atoms with van der Waals surface area (Å²) in [6.45, 7) is 0. The number of fused-ring (bicyclic) bond motifs is 1. The number of hydrogen-bond acceptors (Lipinski definition) is 4. The molecule has 1 heterocycles. The van der Waals surface area contributed by atoms with Crippen LogP contribution in [0.15, 0.2) is 17.1 Å². The summed E-state index contributed by atoms with van der Waals surface area (Å²) in [6.07, 6.45) is 6.11. The molecule has 0 fully saturated rings. The standard InChI is InChI=1S/C14H12Cl2N2OS/c15-9-5-8(13(19)10(16)6-9)7-17-14-18-11-3-1-2-4-12(11)20-14/h5-7,19H,1-4H2/b17-7+. The zero-order valence-corrected chi connectivity index (χ0v) is 12.9. The van der Waals surface area contributed by atoms with Crippen LogP contribution in [0.25, 0.3) is 0 Å². The molecular weight excluding hydrogens is 315 g/mol. The molecule has 104 valence electrons. The molecule has 0 spiro atoms. The first-order valence-electron chi connectivity index (χ1n) is 6.34. The number of rotatable bonds is 2. The second-order valence-electron chi connectivity index (χ2n) is 4.66. The first-order chi connectivity index (χ1) is 9.63. The van der Waals surface area contributed by atoms with Crippen LogP contribution < -0.4 is 0 Å². The third-order valence-electron chi connectivity index (χ3n) is 3.21. The van der Waals surface area contributed by atoms with E-state index in [-0.39, 0.29) is 10.8 Å². The smallest absolute Gasteiger partial charge is 0.209 e. The van der Waals surface area contributed by atoms with E-state index in [2.05, 4.69) is 9.98 Å². The molecule has 0 atom stereocenters. The van der Waals surface area contributed by atoms with Crippen LogP contribution in [-0.4, -0.2) is 16.3 Å². The quantitative estimate of drug-likeness (QED) is 0.807. The fourth-order valence-corrected chi connectivity index (χ4v) is 3.71. The van der Waals surface area contributed by atoms with Crippen molar-refractivity contribution in [1.29, 1.82) is 0 Å². The van der Waals surface area contributed by atoms with Gasteiger partial charge in [-0.15, -0.1) is 0 Å². The Morgan fingerprint density at radius 2 is 2.05 bits per heavy atom. The Morgan fingerprint density at radius 1 is 1.25 bits per heavy atom. The summed E-state index contributed by atoms with van der Waals surface area (Å²) in [5.41, 5.74) is 1.66. The normalized spacial score (nSPS) is 14.7. The van der Waals surface area contributed by atoms with Crippen LogP contribution >= 0.6 is 34.5 Å². The summed E-state index contributed by atoms with van der Waals surface area (Å²) in [6, 6.07) is 3.12. The van der Waals surface area contributed by atoms with Crippen molar-refractivity contribution in [2.24, 2.45) is 4.99 Å². The molecule has 3 nitrogen and oxygen atoms in total. The Bertz CT molecular complexity index is 659. The number of hydrogen-bond donors (Lipinski definition) is 1. The molecule has 0 unspecified atom stereocenters. The van der Waals surface area contributed by atoms with Crippen molar-refractivity contribution in [3.63, 3.8) is 0 Å². The van der Waals surface area contributed by atoms with Crippen LogP contribution in [0.3, 0.4) is 0 Å². The van der Waals surface area contributed by atoms with E-state index in [1.807, 2.05) is 0 Å². The number of thiazole rings is 1. The van der Waals surface area contributed by atoms with Crippen molar-refractivity contribution < 1.29 is 5.11 Å². The Kier molecular flexibility index (Phi) is 3.96. The molecule has 1 N–H and O–H groups in total. The Morgan fingerprint density at radius 3 is 2.85 bits per heavy atom. The molecule has 0 bridgehead atoms. The van der Waals surface area contributed by atoms with Gasteiger partial charge in [0.25, 0.3) is 0 Å². The SMILES string of the molecule is Oc1c(Cl)cc(Cl)cc1/C=N/c1nc2c(s1)CCCC2. The average molecular weight is 327 g/mol.